The summed E-state index contributed by atoms with van der Waals surface area (Å²) in [6, 6.07) is 4.17. The molecule has 164 valence electrons. The van der Waals surface area contributed by atoms with Crippen LogP contribution >= 0.6 is 24.8 Å². The lowest BCUT2D eigenvalue weighted by molar-refractivity contribution is -0.117. The van der Waals surface area contributed by atoms with E-state index in [1.54, 1.807) is 0 Å². The summed E-state index contributed by atoms with van der Waals surface area (Å²) in [6.07, 6.45) is 2.73. The average molecular weight is 451 g/mol. The SMILES string of the molecule is Cl.Cl.O=C(CNCC1CC1)Nc1ccc(F)c(NC(=O)CCN2CCOCC2)c1. The van der Waals surface area contributed by atoms with Crippen LogP contribution in [0.3, 0.4) is 0 Å². The predicted octanol–water partition coefficient (Wildman–Crippen LogP) is 2.27. The molecule has 1 heterocycles. The smallest absolute Gasteiger partial charge is 0.238 e. The first-order valence-corrected chi connectivity index (χ1v) is 9.50. The maximum atomic E-state index is 14.0. The molecule has 0 atom stereocenters. The number of rotatable bonds is 9. The number of anilines is 2. The number of halogens is 3. The molecule has 2 fully saturated rings. The Morgan fingerprint density at radius 3 is 2.52 bits per heavy atom. The fourth-order valence-corrected chi connectivity index (χ4v) is 2.91. The maximum absolute atomic E-state index is 14.0. The summed E-state index contributed by atoms with van der Waals surface area (Å²) in [7, 11) is 0. The van der Waals surface area contributed by atoms with Crippen LogP contribution in [0.4, 0.5) is 15.8 Å². The standard InChI is InChI=1S/C19H27FN4O3.2ClH/c20-16-4-3-15(22-19(26)13-21-12-14-1-2-14)11-17(16)23-18(25)5-6-24-7-9-27-10-8-24;;/h3-4,11,14,21H,1-2,5-10,12-13H2,(H,22,26)(H,23,25);2*1H. The van der Waals surface area contributed by atoms with Crippen molar-refractivity contribution in [3.05, 3.63) is 24.0 Å². The van der Waals surface area contributed by atoms with E-state index in [1.165, 1.54) is 31.0 Å². The Labute approximate surface area is 182 Å². The van der Waals surface area contributed by atoms with Crippen LogP contribution in [0.25, 0.3) is 0 Å². The van der Waals surface area contributed by atoms with Gasteiger partial charge in [0.05, 0.1) is 25.4 Å². The van der Waals surface area contributed by atoms with Gasteiger partial charge in [-0.05, 0) is 43.5 Å². The van der Waals surface area contributed by atoms with Gasteiger partial charge in [0.15, 0.2) is 0 Å². The molecule has 10 heteroatoms. The lowest BCUT2D eigenvalue weighted by atomic mass is 10.2. The summed E-state index contributed by atoms with van der Waals surface area (Å²) < 4.78 is 19.3. The number of amides is 2. The van der Waals surface area contributed by atoms with Gasteiger partial charge in [0, 0.05) is 31.7 Å². The third kappa shape index (κ3) is 9.27. The topological polar surface area (TPSA) is 82.7 Å². The second-order valence-corrected chi connectivity index (χ2v) is 7.07. The number of carbonyl (C=O) groups is 2. The zero-order valence-corrected chi connectivity index (χ0v) is 17.9. The molecule has 0 unspecified atom stereocenters. The fraction of sp³-hybridized carbons (Fsp3) is 0.579. The monoisotopic (exact) mass is 450 g/mol. The maximum Gasteiger partial charge on any atom is 0.238 e. The molecule has 1 aromatic carbocycles. The van der Waals surface area contributed by atoms with Crippen LogP contribution < -0.4 is 16.0 Å². The number of hydrogen-bond donors (Lipinski definition) is 3. The van der Waals surface area contributed by atoms with E-state index in [9.17, 15) is 14.0 Å². The van der Waals surface area contributed by atoms with E-state index in [4.69, 9.17) is 4.74 Å². The molecule has 3 N–H and O–H groups in total. The number of hydrogen-bond acceptors (Lipinski definition) is 5. The number of morpholine rings is 1. The summed E-state index contributed by atoms with van der Waals surface area (Å²) in [4.78, 5) is 26.2. The van der Waals surface area contributed by atoms with Crippen molar-refractivity contribution in [1.29, 1.82) is 0 Å². The highest BCUT2D eigenvalue weighted by atomic mass is 35.5. The van der Waals surface area contributed by atoms with Gasteiger partial charge in [0.25, 0.3) is 0 Å². The zero-order chi connectivity index (χ0) is 19.1. The molecule has 0 spiro atoms. The molecule has 7 nitrogen and oxygen atoms in total. The third-order valence-corrected chi connectivity index (χ3v) is 4.70. The molecule has 0 bridgehead atoms. The molecular formula is C19H29Cl2FN4O3. The molecule has 1 aromatic rings. The largest absolute Gasteiger partial charge is 0.379 e. The van der Waals surface area contributed by atoms with E-state index in [0.717, 1.165) is 19.6 Å². The Hall–Kier alpha value is -1.45. The van der Waals surface area contributed by atoms with E-state index in [2.05, 4.69) is 20.9 Å². The second-order valence-electron chi connectivity index (χ2n) is 7.07. The predicted molar refractivity (Wildman–Crippen MR) is 116 cm³/mol. The number of ether oxygens (including phenoxy) is 1. The van der Waals surface area contributed by atoms with Crippen LogP contribution in [-0.4, -0.2) is 62.7 Å². The first-order chi connectivity index (χ1) is 13.1. The highest BCUT2D eigenvalue weighted by Crippen LogP contribution is 2.27. The Morgan fingerprint density at radius 1 is 1.10 bits per heavy atom. The highest BCUT2D eigenvalue weighted by Gasteiger charge is 2.20. The van der Waals surface area contributed by atoms with Crippen LogP contribution in [0.5, 0.6) is 0 Å². The van der Waals surface area contributed by atoms with Crippen molar-refractivity contribution in [2.75, 3.05) is 56.6 Å². The van der Waals surface area contributed by atoms with Gasteiger partial charge in [-0.3, -0.25) is 14.5 Å². The molecule has 2 aliphatic rings. The first kappa shape index (κ1) is 25.6. The van der Waals surface area contributed by atoms with Gasteiger partial charge >= 0.3 is 0 Å². The van der Waals surface area contributed by atoms with E-state index < -0.39 is 5.82 Å². The lowest BCUT2D eigenvalue weighted by Gasteiger charge is -2.26. The molecule has 1 saturated carbocycles. The lowest BCUT2D eigenvalue weighted by Crippen LogP contribution is -2.38. The van der Waals surface area contributed by atoms with Gasteiger partial charge in [-0.1, -0.05) is 0 Å². The molecule has 0 radical (unpaired) electrons. The van der Waals surface area contributed by atoms with Crippen LogP contribution in [-0.2, 0) is 14.3 Å². The van der Waals surface area contributed by atoms with Crippen molar-refractivity contribution in [3.8, 4) is 0 Å². The van der Waals surface area contributed by atoms with Crippen molar-refractivity contribution in [2.24, 2.45) is 5.92 Å². The van der Waals surface area contributed by atoms with Gasteiger partial charge in [0.1, 0.15) is 5.82 Å². The van der Waals surface area contributed by atoms with Crippen LogP contribution in [0.15, 0.2) is 18.2 Å². The van der Waals surface area contributed by atoms with Crippen molar-refractivity contribution in [3.63, 3.8) is 0 Å². The van der Waals surface area contributed by atoms with Gasteiger partial charge in [-0.25, -0.2) is 4.39 Å². The van der Waals surface area contributed by atoms with E-state index in [0.29, 0.717) is 31.4 Å². The minimum atomic E-state index is -0.528. The van der Waals surface area contributed by atoms with Crippen molar-refractivity contribution >= 4 is 48.0 Å². The van der Waals surface area contributed by atoms with Crippen LogP contribution in [0.2, 0.25) is 0 Å². The summed E-state index contributed by atoms with van der Waals surface area (Å²) in [5.41, 5.74) is 0.531. The minimum absolute atomic E-state index is 0. The highest BCUT2D eigenvalue weighted by molar-refractivity contribution is 5.95. The van der Waals surface area contributed by atoms with Crippen molar-refractivity contribution < 1.29 is 18.7 Å². The fourth-order valence-electron chi connectivity index (χ4n) is 2.91. The third-order valence-electron chi connectivity index (χ3n) is 4.70. The number of nitrogens with one attached hydrogen (secondary N) is 3. The van der Waals surface area contributed by atoms with Gasteiger partial charge < -0.3 is 20.7 Å². The number of nitrogens with zero attached hydrogens (tertiary/aromatic N) is 1. The van der Waals surface area contributed by atoms with Crippen molar-refractivity contribution in [2.45, 2.75) is 19.3 Å². The second kappa shape index (κ2) is 13.0. The summed E-state index contributed by atoms with van der Waals surface area (Å²) in [5.74, 6) is -0.274. The van der Waals surface area contributed by atoms with E-state index >= 15 is 0 Å². The molecular weight excluding hydrogens is 422 g/mol. The van der Waals surface area contributed by atoms with E-state index in [1.807, 2.05) is 0 Å². The molecule has 0 aromatic heterocycles. The normalized spacial score (nSPS) is 16.3. The molecule has 3 rings (SSSR count). The summed E-state index contributed by atoms with van der Waals surface area (Å²) in [5, 5.41) is 8.41. The van der Waals surface area contributed by atoms with Gasteiger partial charge in [-0.2, -0.15) is 0 Å². The van der Waals surface area contributed by atoms with Gasteiger partial charge in [-0.15, -0.1) is 24.8 Å². The summed E-state index contributed by atoms with van der Waals surface area (Å²) in [6.45, 7) is 4.63. The van der Waals surface area contributed by atoms with E-state index in [-0.39, 0.29) is 55.3 Å². The molecule has 1 aliphatic heterocycles. The van der Waals surface area contributed by atoms with Crippen LogP contribution in [0, 0.1) is 11.7 Å². The average Bonchev–Trinajstić information content (AvgIpc) is 3.48. The zero-order valence-electron chi connectivity index (χ0n) is 16.2. The Morgan fingerprint density at radius 2 is 1.83 bits per heavy atom. The van der Waals surface area contributed by atoms with Gasteiger partial charge in [0.2, 0.25) is 11.8 Å². The van der Waals surface area contributed by atoms with Crippen LogP contribution in [0.1, 0.15) is 19.3 Å². The number of benzene rings is 1. The molecule has 1 saturated heterocycles. The Bertz CT molecular complexity index is 671. The summed E-state index contributed by atoms with van der Waals surface area (Å²) >= 11 is 0. The number of carbonyl (C=O) groups excluding carboxylic acids is 2. The Balaban J connectivity index is 0.00000210. The first-order valence-electron chi connectivity index (χ1n) is 9.50. The Kier molecular flexibility index (Phi) is 11.4. The quantitative estimate of drug-likeness (QED) is 0.537. The molecule has 2 amide bonds. The molecule has 29 heavy (non-hydrogen) atoms. The minimum Gasteiger partial charge on any atom is -0.379 e. The molecule has 1 aliphatic carbocycles. The van der Waals surface area contributed by atoms with Crippen molar-refractivity contribution in [1.82, 2.24) is 10.2 Å².